The zero-order valence-corrected chi connectivity index (χ0v) is 12.0. The number of carbonyl (C=O) groups is 1. The van der Waals surface area contributed by atoms with Crippen LogP contribution in [0, 0.1) is 0 Å². The zero-order chi connectivity index (χ0) is 15.1. The van der Waals surface area contributed by atoms with Crippen LogP contribution < -0.4 is 10.1 Å². The number of anilines is 1. The van der Waals surface area contributed by atoms with Gasteiger partial charge in [0, 0.05) is 11.8 Å². The van der Waals surface area contributed by atoms with Gasteiger partial charge < -0.3 is 15.2 Å². The van der Waals surface area contributed by atoms with Crippen molar-refractivity contribution in [2.75, 3.05) is 11.9 Å². The lowest BCUT2D eigenvalue weighted by Crippen LogP contribution is -2.15. The number of aliphatic hydroxyl groups is 1. The lowest BCUT2D eigenvalue weighted by Gasteiger charge is -2.12. The molecule has 0 bridgehead atoms. The van der Waals surface area contributed by atoms with E-state index in [1.165, 1.54) is 0 Å². The number of rotatable bonds is 6. The second-order valence-electron chi connectivity index (χ2n) is 4.64. The summed E-state index contributed by atoms with van der Waals surface area (Å²) in [6.07, 6.45) is -0.788. The molecule has 1 unspecified atom stereocenters. The summed E-state index contributed by atoms with van der Waals surface area (Å²) in [4.78, 5) is 12.0. The molecule has 0 heterocycles. The number of benzene rings is 2. The van der Waals surface area contributed by atoms with Crippen LogP contribution in [0.1, 0.15) is 25.0 Å². The second-order valence-corrected chi connectivity index (χ2v) is 4.64. The summed E-state index contributed by atoms with van der Waals surface area (Å²) in [6, 6.07) is 16.3. The van der Waals surface area contributed by atoms with Crippen molar-refractivity contribution in [3.8, 4) is 5.75 Å². The molecule has 110 valence electrons. The minimum absolute atomic E-state index is 0.0167. The third kappa shape index (κ3) is 4.61. The van der Waals surface area contributed by atoms with E-state index in [2.05, 4.69) is 5.32 Å². The SMILES string of the molecule is CCOc1cccc(NC(=O)CC(O)c2ccccc2)c1. The predicted octanol–water partition coefficient (Wildman–Crippen LogP) is 3.15. The molecule has 2 aromatic carbocycles. The van der Waals surface area contributed by atoms with Gasteiger partial charge in [-0.25, -0.2) is 0 Å². The van der Waals surface area contributed by atoms with Crippen LogP contribution >= 0.6 is 0 Å². The van der Waals surface area contributed by atoms with Crippen molar-refractivity contribution in [3.05, 3.63) is 60.2 Å². The summed E-state index contributed by atoms with van der Waals surface area (Å²) >= 11 is 0. The maximum Gasteiger partial charge on any atom is 0.227 e. The van der Waals surface area contributed by atoms with Gasteiger partial charge in [-0.3, -0.25) is 4.79 Å². The number of carbonyl (C=O) groups excluding carboxylic acids is 1. The van der Waals surface area contributed by atoms with Crippen LogP contribution in [0.5, 0.6) is 5.75 Å². The quantitative estimate of drug-likeness (QED) is 0.857. The summed E-state index contributed by atoms with van der Waals surface area (Å²) in [5, 5.41) is 12.8. The van der Waals surface area contributed by atoms with E-state index in [1.54, 1.807) is 24.3 Å². The van der Waals surface area contributed by atoms with Crippen molar-refractivity contribution < 1.29 is 14.6 Å². The molecule has 0 aliphatic rings. The average molecular weight is 285 g/mol. The van der Waals surface area contributed by atoms with Crippen LogP contribution in [0.15, 0.2) is 54.6 Å². The van der Waals surface area contributed by atoms with Gasteiger partial charge in [-0.1, -0.05) is 36.4 Å². The van der Waals surface area contributed by atoms with Crippen LogP contribution in [0.3, 0.4) is 0 Å². The van der Waals surface area contributed by atoms with Gasteiger partial charge >= 0.3 is 0 Å². The fourth-order valence-electron chi connectivity index (χ4n) is 2.01. The number of ether oxygens (including phenoxy) is 1. The molecular formula is C17H19NO3. The van der Waals surface area contributed by atoms with Gasteiger partial charge in [0.2, 0.25) is 5.91 Å². The van der Waals surface area contributed by atoms with E-state index < -0.39 is 6.10 Å². The van der Waals surface area contributed by atoms with E-state index >= 15 is 0 Å². The van der Waals surface area contributed by atoms with Crippen molar-refractivity contribution in [2.24, 2.45) is 0 Å². The molecule has 0 aromatic heterocycles. The van der Waals surface area contributed by atoms with E-state index in [9.17, 15) is 9.90 Å². The summed E-state index contributed by atoms with van der Waals surface area (Å²) in [5.41, 5.74) is 1.39. The van der Waals surface area contributed by atoms with Crippen molar-refractivity contribution in [1.29, 1.82) is 0 Å². The van der Waals surface area contributed by atoms with Crippen molar-refractivity contribution in [1.82, 2.24) is 0 Å². The van der Waals surface area contributed by atoms with E-state index in [0.29, 0.717) is 18.0 Å². The number of nitrogens with one attached hydrogen (secondary N) is 1. The standard InChI is InChI=1S/C17H19NO3/c1-2-21-15-10-6-9-14(11-15)18-17(20)12-16(19)13-7-4-3-5-8-13/h3-11,16,19H,2,12H2,1H3,(H,18,20). The van der Waals surface area contributed by atoms with Gasteiger partial charge in [0.15, 0.2) is 0 Å². The Bertz CT molecular complexity index is 584. The Morgan fingerprint density at radius 3 is 2.67 bits per heavy atom. The monoisotopic (exact) mass is 285 g/mol. The van der Waals surface area contributed by atoms with Gasteiger partial charge in [-0.2, -0.15) is 0 Å². The molecular weight excluding hydrogens is 266 g/mol. The number of hydrogen-bond donors (Lipinski definition) is 2. The van der Waals surface area contributed by atoms with Gasteiger partial charge in [0.05, 0.1) is 19.1 Å². The third-order valence-corrected chi connectivity index (χ3v) is 2.99. The Morgan fingerprint density at radius 2 is 1.95 bits per heavy atom. The fraction of sp³-hybridized carbons (Fsp3) is 0.235. The first kappa shape index (κ1) is 15.1. The highest BCUT2D eigenvalue weighted by atomic mass is 16.5. The molecule has 2 aromatic rings. The largest absolute Gasteiger partial charge is 0.494 e. The lowest BCUT2D eigenvalue weighted by atomic mass is 10.1. The smallest absolute Gasteiger partial charge is 0.227 e. The highest BCUT2D eigenvalue weighted by molar-refractivity contribution is 5.91. The Kier molecular flexibility index (Phi) is 5.35. The van der Waals surface area contributed by atoms with E-state index in [-0.39, 0.29) is 12.3 Å². The Morgan fingerprint density at radius 1 is 1.19 bits per heavy atom. The Labute approximate surface area is 124 Å². The van der Waals surface area contributed by atoms with Gasteiger partial charge in [0.1, 0.15) is 5.75 Å². The molecule has 2 rings (SSSR count). The molecule has 21 heavy (non-hydrogen) atoms. The summed E-state index contributed by atoms with van der Waals surface area (Å²) < 4.78 is 5.38. The molecule has 0 saturated heterocycles. The van der Waals surface area contributed by atoms with Crippen LogP contribution in [0.25, 0.3) is 0 Å². The molecule has 0 saturated carbocycles. The maximum absolute atomic E-state index is 12.0. The first-order valence-corrected chi connectivity index (χ1v) is 6.94. The lowest BCUT2D eigenvalue weighted by molar-refractivity contribution is -0.118. The third-order valence-electron chi connectivity index (χ3n) is 2.99. The number of aliphatic hydroxyl groups excluding tert-OH is 1. The average Bonchev–Trinajstić information content (AvgIpc) is 2.48. The minimum atomic E-state index is -0.804. The highest BCUT2D eigenvalue weighted by Gasteiger charge is 2.13. The first-order valence-electron chi connectivity index (χ1n) is 6.94. The molecule has 0 aliphatic carbocycles. The zero-order valence-electron chi connectivity index (χ0n) is 12.0. The van der Waals surface area contributed by atoms with E-state index in [1.807, 2.05) is 37.3 Å². The molecule has 1 atom stereocenters. The molecule has 0 fully saturated rings. The highest BCUT2D eigenvalue weighted by Crippen LogP contribution is 2.20. The molecule has 0 aliphatic heterocycles. The second kappa shape index (κ2) is 7.45. The maximum atomic E-state index is 12.0. The first-order chi connectivity index (χ1) is 10.2. The van der Waals surface area contributed by atoms with Gasteiger partial charge in [-0.05, 0) is 24.6 Å². The molecule has 0 spiro atoms. The van der Waals surface area contributed by atoms with Crippen molar-refractivity contribution in [2.45, 2.75) is 19.4 Å². The van der Waals surface area contributed by atoms with Crippen LogP contribution in [-0.2, 0) is 4.79 Å². The molecule has 4 nitrogen and oxygen atoms in total. The van der Waals surface area contributed by atoms with Crippen LogP contribution in [0.2, 0.25) is 0 Å². The minimum Gasteiger partial charge on any atom is -0.494 e. The summed E-state index contributed by atoms with van der Waals surface area (Å²) in [5.74, 6) is 0.471. The van der Waals surface area contributed by atoms with Gasteiger partial charge in [0.25, 0.3) is 0 Å². The molecule has 0 radical (unpaired) electrons. The number of hydrogen-bond acceptors (Lipinski definition) is 3. The van der Waals surface area contributed by atoms with Crippen molar-refractivity contribution >= 4 is 11.6 Å². The summed E-state index contributed by atoms with van der Waals surface area (Å²) in [7, 11) is 0. The number of amides is 1. The topological polar surface area (TPSA) is 58.6 Å². The Balaban J connectivity index is 1.94. The van der Waals surface area contributed by atoms with E-state index in [0.717, 1.165) is 5.56 Å². The van der Waals surface area contributed by atoms with Crippen molar-refractivity contribution in [3.63, 3.8) is 0 Å². The fourth-order valence-corrected chi connectivity index (χ4v) is 2.01. The van der Waals surface area contributed by atoms with Gasteiger partial charge in [-0.15, -0.1) is 0 Å². The Hall–Kier alpha value is -2.33. The van der Waals surface area contributed by atoms with E-state index in [4.69, 9.17) is 4.74 Å². The van der Waals surface area contributed by atoms with Crippen LogP contribution in [-0.4, -0.2) is 17.6 Å². The summed E-state index contributed by atoms with van der Waals surface area (Å²) in [6.45, 7) is 2.48. The van der Waals surface area contributed by atoms with Crippen LogP contribution in [0.4, 0.5) is 5.69 Å². The normalized spacial score (nSPS) is 11.7. The molecule has 4 heteroatoms. The molecule has 2 N–H and O–H groups in total. The molecule has 1 amide bonds. The predicted molar refractivity (Wildman–Crippen MR) is 82.3 cm³/mol.